The summed E-state index contributed by atoms with van der Waals surface area (Å²) in [6, 6.07) is 3.11. The fraction of sp³-hybridized carbons (Fsp3) is 0.444. The summed E-state index contributed by atoms with van der Waals surface area (Å²) in [6.07, 6.45) is 1.62. The Bertz CT molecular complexity index is 747. The third kappa shape index (κ3) is 2.57. The second-order valence-electron chi connectivity index (χ2n) is 6.49. The van der Waals surface area contributed by atoms with Gasteiger partial charge in [0.2, 0.25) is 5.91 Å². The fourth-order valence-corrected chi connectivity index (χ4v) is 5.10. The van der Waals surface area contributed by atoms with Gasteiger partial charge in [-0.25, -0.2) is 0 Å². The molecule has 1 N–H and O–H groups in total. The molecule has 0 bridgehead atoms. The van der Waals surface area contributed by atoms with Crippen molar-refractivity contribution in [3.8, 4) is 11.5 Å². The number of hydrogen-bond acceptors (Lipinski definition) is 5. The highest BCUT2D eigenvalue weighted by Gasteiger charge is 2.58. The summed E-state index contributed by atoms with van der Waals surface area (Å²) < 4.78 is 10.3. The number of carbonyl (C=O) groups is 2. The van der Waals surface area contributed by atoms with Crippen LogP contribution in [0.5, 0.6) is 11.5 Å². The van der Waals surface area contributed by atoms with Crippen molar-refractivity contribution in [2.45, 2.75) is 30.0 Å². The van der Waals surface area contributed by atoms with E-state index in [0.717, 1.165) is 5.56 Å². The Morgan fingerprint density at radius 1 is 1.40 bits per heavy atom. The van der Waals surface area contributed by atoms with Crippen molar-refractivity contribution in [2.75, 3.05) is 20.8 Å². The molecule has 0 saturated carbocycles. The first-order valence-corrected chi connectivity index (χ1v) is 8.89. The van der Waals surface area contributed by atoms with Crippen molar-refractivity contribution in [1.29, 1.82) is 0 Å². The van der Waals surface area contributed by atoms with Crippen molar-refractivity contribution in [1.82, 2.24) is 10.2 Å². The predicted molar refractivity (Wildman–Crippen MR) is 97.1 cm³/mol. The maximum Gasteiger partial charge on any atom is 0.260 e. The van der Waals surface area contributed by atoms with Crippen LogP contribution in [-0.2, 0) is 4.79 Å². The van der Waals surface area contributed by atoms with Crippen LogP contribution in [0.4, 0.5) is 0 Å². The van der Waals surface area contributed by atoms with E-state index < -0.39 is 10.8 Å². The SMILES string of the molecule is C=CCNC(=O)[C@H]1N2C(=O)c3c(ccc(OC)c3OC)[C@H]2SC1(C)C. The summed E-state index contributed by atoms with van der Waals surface area (Å²) in [5, 5.41) is 2.61. The van der Waals surface area contributed by atoms with Gasteiger partial charge in [-0.2, -0.15) is 0 Å². The monoisotopic (exact) mass is 362 g/mol. The Labute approximate surface area is 151 Å². The zero-order valence-corrected chi connectivity index (χ0v) is 15.6. The number of nitrogens with zero attached hydrogens (tertiary/aromatic N) is 1. The molecule has 0 unspecified atom stereocenters. The molecule has 2 heterocycles. The lowest BCUT2D eigenvalue weighted by Crippen LogP contribution is -2.52. The molecule has 134 valence electrons. The number of fused-ring (bicyclic) bond motifs is 3. The number of rotatable bonds is 5. The van der Waals surface area contributed by atoms with Gasteiger partial charge in [0.15, 0.2) is 11.5 Å². The van der Waals surface area contributed by atoms with E-state index in [9.17, 15) is 9.59 Å². The van der Waals surface area contributed by atoms with Crippen LogP contribution in [0.2, 0.25) is 0 Å². The second-order valence-corrected chi connectivity index (χ2v) is 8.22. The molecule has 0 spiro atoms. The number of hydrogen-bond donors (Lipinski definition) is 1. The van der Waals surface area contributed by atoms with E-state index in [0.29, 0.717) is 23.6 Å². The molecule has 2 aliphatic heterocycles. The van der Waals surface area contributed by atoms with Crippen molar-refractivity contribution < 1.29 is 19.1 Å². The number of amides is 2. The topological polar surface area (TPSA) is 67.9 Å². The van der Waals surface area contributed by atoms with Gasteiger partial charge in [0.25, 0.3) is 5.91 Å². The van der Waals surface area contributed by atoms with E-state index in [1.807, 2.05) is 19.9 Å². The molecular weight excluding hydrogens is 340 g/mol. The largest absolute Gasteiger partial charge is 0.493 e. The molecule has 1 saturated heterocycles. The Hall–Kier alpha value is -2.15. The molecule has 2 amide bonds. The molecule has 1 fully saturated rings. The van der Waals surface area contributed by atoms with Gasteiger partial charge in [0, 0.05) is 16.9 Å². The Morgan fingerprint density at radius 3 is 2.72 bits per heavy atom. The number of carbonyl (C=O) groups excluding carboxylic acids is 2. The summed E-state index contributed by atoms with van der Waals surface area (Å²) in [7, 11) is 3.05. The van der Waals surface area contributed by atoms with Crippen molar-refractivity contribution in [3.05, 3.63) is 35.9 Å². The minimum absolute atomic E-state index is 0.174. The standard InChI is InChI=1S/C18H22N2O4S/c1-6-9-19-15(21)14-18(2,3)25-17-10-7-8-11(23-4)13(24-5)12(10)16(22)20(14)17/h6-8,14,17H,1,9H2,2-5H3,(H,19,21)/t14-,17-/m1/s1. The highest BCUT2D eigenvalue weighted by atomic mass is 32.2. The first-order valence-electron chi connectivity index (χ1n) is 8.01. The number of benzene rings is 1. The quantitative estimate of drug-likeness (QED) is 0.815. The molecule has 2 aliphatic rings. The normalized spacial score (nSPS) is 23.0. The highest BCUT2D eigenvalue weighted by molar-refractivity contribution is 8.01. The van der Waals surface area contributed by atoms with Gasteiger partial charge in [0.05, 0.1) is 19.8 Å². The maximum atomic E-state index is 13.2. The van der Waals surface area contributed by atoms with Crippen molar-refractivity contribution in [3.63, 3.8) is 0 Å². The molecule has 7 heteroatoms. The first-order chi connectivity index (χ1) is 11.9. The third-order valence-electron chi connectivity index (χ3n) is 4.57. The molecular formula is C18H22N2O4S. The molecule has 3 rings (SSSR count). The second kappa shape index (κ2) is 6.29. The van der Waals surface area contributed by atoms with Crippen molar-refractivity contribution >= 4 is 23.6 Å². The highest BCUT2D eigenvalue weighted by Crippen LogP contribution is 2.58. The zero-order valence-electron chi connectivity index (χ0n) is 14.8. The average molecular weight is 362 g/mol. The van der Waals surface area contributed by atoms with Crippen molar-refractivity contribution in [2.24, 2.45) is 0 Å². The lowest BCUT2D eigenvalue weighted by molar-refractivity contribution is -0.125. The Kier molecular flexibility index (Phi) is 4.45. The lowest BCUT2D eigenvalue weighted by Gasteiger charge is -2.29. The molecule has 0 radical (unpaired) electrons. The lowest BCUT2D eigenvalue weighted by atomic mass is 10.0. The summed E-state index contributed by atoms with van der Waals surface area (Å²) in [5.41, 5.74) is 1.34. The molecule has 1 aromatic carbocycles. The summed E-state index contributed by atoms with van der Waals surface area (Å²) >= 11 is 1.61. The van der Waals surface area contributed by atoms with E-state index in [1.165, 1.54) is 14.2 Å². The number of thioether (sulfide) groups is 1. The molecule has 25 heavy (non-hydrogen) atoms. The van der Waals surface area contributed by atoms with E-state index in [1.54, 1.807) is 28.8 Å². The van der Waals surface area contributed by atoms with E-state index in [-0.39, 0.29) is 17.2 Å². The van der Waals surface area contributed by atoms with Crippen LogP contribution in [0.25, 0.3) is 0 Å². The van der Waals surface area contributed by atoms with Gasteiger partial charge < -0.3 is 19.7 Å². The van der Waals surface area contributed by atoms with Gasteiger partial charge in [0.1, 0.15) is 11.4 Å². The third-order valence-corrected chi connectivity index (χ3v) is 6.10. The van der Waals surface area contributed by atoms with Crippen LogP contribution < -0.4 is 14.8 Å². The van der Waals surface area contributed by atoms with Gasteiger partial charge in [-0.05, 0) is 19.9 Å². The van der Waals surface area contributed by atoms with Gasteiger partial charge >= 0.3 is 0 Å². The predicted octanol–water partition coefficient (Wildman–Crippen LogP) is 2.35. The maximum absolute atomic E-state index is 13.2. The number of ether oxygens (including phenoxy) is 2. The van der Waals surface area contributed by atoms with Crippen LogP contribution in [0, 0.1) is 0 Å². The Morgan fingerprint density at radius 2 is 2.12 bits per heavy atom. The summed E-state index contributed by atoms with van der Waals surface area (Å²) in [4.78, 5) is 27.6. The molecule has 2 atom stereocenters. The van der Waals surface area contributed by atoms with Gasteiger partial charge in [-0.1, -0.05) is 12.1 Å². The van der Waals surface area contributed by atoms with Crippen LogP contribution in [0.1, 0.15) is 35.1 Å². The fourth-order valence-electron chi connectivity index (χ4n) is 3.53. The van der Waals surface area contributed by atoms with Crippen LogP contribution >= 0.6 is 11.8 Å². The van der Waals surface area contributed by atoms with Gasteiger partial charge in [-0.15, -0.1) is 18.3 Å². The van der Waals surface area contributed by atoms with E-state index >= 15 is 0 Å². The molecule has 0 aliphatic carbocycles. The van der Waals surface area contributed by atoms with E-state index in [4.69, 9.17) is 9.47 Å². The van der Waals surface area contributed by atoms with E-state index in [2.05, 4.69) is 11.9 Å². The molecule has 1 aromatic rings. The van der Waals surface area contributed by atoms with Gasteiger partial charge in [-0.3, -0.25) is 9.59 Å². The summed E-state index contributed by atoms with van der Waals surface area (Å²) in [5.74, 6) is 0.551. The smallest absolute Gasteiger partial charge is 0.260 e. The number of methoxy groups -OCH3 is 2. The van der Waals surface area contributed by atoms with Crippen LogP contribution in [0.3, 0.4) is 0 Å². The molecule has 0 aromatic heterocycles. The van der Waals surface area contributed by atoms with Crippen LogP contribution in [0.15, 0.2) is 24.8 Å². The first kappa shape index (κ1) is 17.7. The minimum atomic E-state index is -0.571. The number of nitrogens with one attached hydrogen (secondary N) is 1. The average Bonchev–Trinajstić information content (AvgIpc) is 3.01. The summed E-state index contributed by atoms with van der Waals surface area (Å²) in [6.45, 7) is 7.96. The van der Waals surface area contributed by atoms with Crippen LogP contribution in [-0.4, -0.2) is 48.3 Å². The zero-order chi connectivity index (χ0) is 18.4. The Balaban J connectivity index is 2.06. The minimum Gasteiger partial charge on any atom is -0.493 e. The molecule has 6 nitrogen and oxygen atoms in total.